The lowest BCUT2D eigenvalue weighted by molar-refractivity contribution is -0.359. The predicted octanol–water partition coefficient (Wildman–Crippen LogP) is 8.83. The molecule has 2 rings (SSSR count). The van der Waals surface area contributed by atoms with Crippen LogP contribution in [0.1, 0.15) is 213 Å². The molecule has 1 amide bonds. The maximum Gasteiger partial charge on any atom is 0.220 e. The molecule has 14 nitrogen and oxygen atoms in total. The summed E-state index contributed by atoms with van der Waals surface area (Å²) >= 11 is 0. The SMILES string of the molecule is CCCCCCC/C=C\C/C=C\C/C=C\CCCCCCCCCCCCC(=O)NC(COC1OC(CO)C(OC2OC(CO)C(O)C(O)C2O)C(O)C1O)C(O)/C=C/CCCCCCCCCCCC. The number of aliphatic hydroxyl groups excluding tert-OH is 8. The lowest BCUT2D eigenvalue weighted by Gasteiger charge is -2.46. The first kappa shape index (κ1) is 65.1. The average molecular weight is 1010 g/mol. The molecule has 2 aliphatic rings. The van der Waals surface area contributed by atoms with Crippen LogP contribution in [-0.4, -0.2) is 140 Å². The van der Waals surface area contributed by atoms with Gasteiger partial charge in [0.25, 0.3) is 0 Å². The number of carbonyl (C=O) groups is 1. The van der Waals surface area contributed by atoms with Gasteiger partial charge in [0.05, 0.1) is 32.0 Å². The summed E-state index contributed by atoms with van der Waals surface area (Å²) in [7, 11) is 0. The van der Waals surface area contributed by atoms with Crippen molar-refractivity contribution < 1.29 is 64.6 Å². The van der Waals surface area contributed by atoms with E-state index in [1.54, 1.807) is 6.08 Å². The van der Waals surface area contributed by atoms with Gasteiger partial charge in [-0.2, -0.15) is 0 Å². The molecule has 2 aliphatic heterocycles. The molecule has 2 fully saturated rings. The van der Waals surface area contributed by atoms with Crippen LogP contribution in [0.4, 0.5) is 0 Å². The van der Waals surface area contributed by atoms with E-state index in [2.05, 4.69) is 55.6 Å². The van der Waals surface area contributed by atoms with E-state index in [1.807, 2.05) is 6.08 Å². The normalized spacial score (nSPS) is 26.1. The van der Waals surface area contributed by atoms with Crippen molar-refractivity contribution in [3.05, 3.63) is 48.6 Å². The van der Waals surface area contributed by atoms with Crippen molar-refractivity contribution >= 4 is 5.91 Å². The minimum absolute atomic E-state index is 0.245. The zero-order chi connectivity index (χ0) is 51.7. The Balaban J connectivity index is 1.74. The first-order valence-corrected chi connectivity index (χ1v) is 28.4. The highest BCUT2D eigenvalue weighted by molar-refractivity contribution is 5.76. The molecule has 71 heavy (non-hydrogen) atoms. The Bertz CT molecular complexity index is 1380. The second-order valence-corrected chi connectivity index (χ2v) is 20.1. The van der Waals surface area contributed by atoms with Gasteiger partial charge in [-0.3, -0.25) is 4.79 Å². The monoisotopic (exact) mass is 1010 g/mol. The van der Waals surface area contributed by atoms with Crippen LogP contribution < -0.4 is 5.32 Å². The van der Waals surface area contributed by atoms with Gasteiger partial charge < -0.3 is 65.1 Å². The molecule has 12 unspecified atom stereocenters. The minimum Gasteiger partial charge on any atom is -0.394 e. The fourth-order valence-corrected chi connectivity index (χ4v) is 9.12. The van der Waals surface area contributed by atoms with Crippen molar-refractivity contribution in [3.8, 4) is 0 Å². The van der Waals surface area contributed by atoms with E-state index in [1.165, 1.54) is 128 Å². The molecule has 414 valence electrons. The zero-order valence-corrected chi connectivity index (χ0v) is 44.2. The molecule has 0 aromatic rings. The van der Waals surface area contributed by atoms with Gasteiger partial charge in [0.2, 0.25) is 5.91 Å². The van der Waals surface area contributed by atoms with E-state index in [9.17, 15) is 45.6 Å². The van der Waals surface area contributed by atoms with Crippen LogP contribution in [0.25, 0.3) is 0 Å². The van der Waals surface area contributed by atoms with Gasteiger partial charge in [-0.15, -0.1) is 0 Å². The van der Waals surface area contributed by atoms with E-state index in [-0.39, 0.29) is 18.9 Å². The van der Waals surface area contributed by atoms with E-state index >= 15 is 0 Å². The fourth-order valence-electron chi connectivity index (χ4n) is 9.12. The summed E-state index contributed by atoms with van der Waals surface area (Å²) < 4.78 is 22.7. The van der Waals surface area contributed by atoms with Crippen molar-refractivity contribution in [2.45, 2.75) is 286 Å². The number of hydrogen-bond donors (Lipinski definition) is 9. The topological polar surface area (TPSA) is 228 Å². The first-order chi connectivity index (χ1) is 34.6. The second-order valence-electron chi connectivity index (χ2n) is 20.1. The Hall–Kier alpha value is -2.05. The molecular weight excluding hydrogens is 907 g/mol. The Morgan fingerprint density at radius 2 is 0.930 bits per heavy atom. The number of ether oxygens (including phenoxy) is 4. The Morgan fingerprint density at radius 3 is 1.42 bits per heavy atom. The molecule has 2 heterocycles. The number of carbonyl (C=O) groups excluding carboxylic acids is 1. The molecule has 9 N–H and O–H groups in total. The maximum atomic E-state index is 13.2. The molecule has 0 radical (unpaired) electrons. The maximum absolute atomic E-state index is 13.2. The number of amides is 1. The number of unbranched alkanes of at least 4 members (excludes halogenated alkanes) is 25. The third-order valence-electron chi connectivity index (χ3n) is 13.8. The Labute approximate surface area is 429 Å². The fraction of sp³-hybridized carbons (Fsp3) is 0.842. The van der Waals surface area contributed by atoms with Gasteiger partial charge in [-0.25, -0.2) is 0 Å². The molecule has 0 aliphatic carbocycles. The van der Waals surface area contributed by atoms with Gasteiger partial charge in [-0.05, 0) is 57.8 Å². The molecule has 0 aromatic carbocycles. The summed E-state index contributed by atoms with van der Waals surface area (Å²) in [6.45, 7) is 2.76. The number of aliphatic hydroxyl groups is 8. The highest BCUT2D eigenvalue weighted by Crippen LogP contribution is 2.30. The van der Waals surface area contributed by atoms with Gasteiger partial charge in [0.15, 0.2) is 12.6 Å². The van der Waals surface area contributed by atoms with Crippen LogP contribution in [-0.2, 0) is 23.7 Å². The number of rotatable bonds is 44. The van der Waals surface area contributed by atoms with E-state index < -0.39 is 86.8 Å². The van der Waals surface area contributed by atoms with Crippen LogP contribution in [0.2, 0.25) is 0 Å². The summed E-state index contributed by atoms with van der Waals surface area (Å²) in [5.41, 5.74) is 0. The van der Waals surface area contributed by atoms with E-state index in [0.717, 1.165) is 57.8 Å². The van der Waals surface area contributed by atoms with Crippen LogP contribution in [0.3, 0.4) is 0 Å². The van der Waals surface area contributed by atoms with Gasteiger partial charge >= 0.3 is 0 Å². The van der Waals surface area contributed by atoms with Crippen molar-refractivity contribution in [1.29, 1.82) is 0 Å². The molecule has 0 aromatic heterocycles. The third-order valence-corrected chi connectivity index (χ3v) is 13.8. The summed E-state index contributed by atoms with van der Waals surface area (Å²) in [6.07, 6.45) is 35.8. The van der Waals surface area contributed by atoms with E-state index in [4.69, 9.17) is 18.9 Å². The number of hydrogen-bond acceptors (Lipinski definition) is 13. The Morgan fingerprint density at radius 1 is 0.507 bits per heavy atom. The quantitative estimate of drug-likeness (QED) is 0.0206. The lowest BCUT2D eigenvalue weighted by Crippen LogP contribution is -2.65. The summed E-state index contributed by atoms with van der Waals surface area (Å²) in [6, 6.07) is -0.916. The third kappa shape index (κ3) is 29.6. The van der Waals surface area contributed by atoms with Crippen molar-refractivity contribution in [2.75, 3.05) is 19.8 Å². The molecule has 2 saturated heterocycles. The first-order valence-electron chi connectivity index (χ1n) is 28.4. The smallest absolute Gasteiger partial charge is 0.220 e. The lowest BCUT2D eigenvalue weighted by atomic mass is 9.97. The van der Waals surface area contributed by atoms with Gasteiger partial charge in [-0.1, -0.05) is 197 Å². The van der Waals surface area contributed by atoms with Crippen LogP contribution in [0.15, 0.2) is 48.6 Å². The number of nitrogens with one attached hydrogen (secondary N) is 1. The second kappa shape index (κ2) is 43.2. The van der Waals surface area contributed by atoms with Crippen LogP contribution in [0.5, 0.6) is 0 Å². The average Bonchev–Trinajstić information content (AvgIpc) is 3.37. The summed E-state index contributed by atoms with van der Waals surface area (Å²) in [5, 5.41) is 86.9. The van der Waals surface area contributed by atoms with E-state index in [0.29, 0.717) is 6.42 Å². The molecule has 0 bridgehead atoms. The largest absolute Gasteiger partial charge is 0.394 e. The highest BCUT2D eigenvalue weighted by atomic mass is 16.7. The molecule has 12 atom stereocenters. The van der Waals surface area contributed by atoms with Crippen molar-refractivity contribution in [3.63, 3.8) is 0 Å². The standard InChI is InChI=1S/C57H103NO13/c1-3-5-7-9-11-13-15-17-18-19-20-21-22-23-24-25-26-27-28-29-31-33-35-37-39-41-49(62)58-45(46(61)40-38-36-34-32-30-16-14-12-10-8-6-4-2)44-68-56-54(67)52(65)55(48(43-60)70-56)71-57-53(66)51(64)50(63)47(42-59)69-57/h15,17,19-20,22-23,38,40,45-48,50-57,59-61,63-67H,3-14,16,18,21,24-37,39,41-44H2,1-2H3,(H,58,62)/b17-15-,20-19-,23-22-,40-38+. The number of allylic oxidation sites excluding steroid dienone is 7. The Kier molecular flexibility index (Phi) is 39.6. The van der Waals surface area contributed by atoms with Crippen LogP contribution in [0, 0.1) is 0 Å². The van der Waals surface area contributed by atoms with Gasteiger partial charge in [0, 0.05) is 6.42 Å². The highest BCUT2D eigenvalue weighted by Gasteiger charge is 2.51. The minimum atomic E-state index is -1.79. The summed E-state index contributed by atoms with van der Waals surface area (Å²) in [4.78, 5) is 13.2. The van der Waals surface area contributed by atoms with Crippen molar-refractivity contribution in [2.24, 2.45) is 0 Å². The molecular formula is C57H103NO13. The zero-order valence-electron chi connectivity index (χ0n) is 44.2. The van der Waals surface area contributed by atoms with Gasteiger partial charge in [0.1, 0.15) is 48.8 Å². The van der Waals surface area contributed by atoms with Crippen LogP contribution >= 0.6 is 0 Å². The van der Waals surface area contributed by atoms with Crippen molar-refractivity contribution in [1.82, 2.24) is 5.32 Å². The summed E-state index contributed by atoms with van der Waals surface area (Å²) in [5.74, 6) is -0.245. The molecule has 0 spiro atoms. The predicted molar refractivity (Wildman–Crippen MR) is 281 cm³/mol. The molecule has 14 heteroatoms. The molecule has 0 saturated carbocycles.